The average molecular weight is 208 g/mol. The maximum absolute atomic E-state index is 11.4. The molecule has 0 radical (unpaired) electrons. The zero-order valence-electron chi connectivity index (χ0n) is 9.71. The maximum atomic E-state index is 11.4. The summed E-state index contributed by atoms with van der Waals surface area (Å²) in [6.45, 7) is 4.69. The molecule has 2 nitrogen and oxygen atoms in total. The van der Waals surface area contributed by atoms with Crippen LogP contribution < -0.4 is 0 Å². The number of ether oxygens (including phenoxy) is 1. The Morgan fingerprint density at radius 3 is 3.00 bits per heavy atom. The lowest BCUT2D eigenvalue weighted by Gasteiger charge is -2.52. The summed E-state index contributed by atoms with van der Waals surface area (Å²) in [6, 6.07) is 0. The summed E-state index contributed by atoms with van der Waals surface area (Å²) < 4.78 is 4.97. The largest absolute Gasteiger partial charge is 0.463 e. The number of hydrogen-bond acceptors (Lipinski definition) is 2. The summed E-state index contributed by atoms with van der Waals surface area (Å²) in [5.41, 5.74) is 1.84. The van der Waals surface area contributed by atoms with Crippen LogP contribution in [-0.4, -0.2) is 12.6 Å². The molecule has 2 fully saturated rings. The molecule has 0 bridgehead atoms. The van der Waals surface area contributed by atoms with E-state index in [0.717, 1.165) is 6.42 Å². The van der Waals surface area contributed by atoms with Gasteiger partial charge in [0.25, 0.3) is 0 Å². The van der Waals surface area contributed by atoms with Crippen LogP contribution in [0.5, 0.6) is 0 Å². The molecule has 0 aromatic heterocycles. The molecule has 0 saturated heterocycles. The molecule has 2 aliphatic carbocycles. The third kappa shape index (κ3) is 1.95. The van der Waals surface area contributed by atoms with Gasteiger partial charge in [-0.15, -0.1) is 0 Å². The Labute approximate surface area is 91.7 Å². The van der Waals surface area contributed by atoms with Gasteiger partial charge in [0.2, 0.25) is 0 Å². The molecule has 0 aromatic rings. The summed E-state index contributed by atoms with van der Waals surface area (Å²) >= 11 is 0. The summed E-state index contributed by atoms with van der Waals surface area (Å²) in [5, 5.41) is 0. The molecule has 84 valence electrons. The summed E-state index contributed by atoms with van der Waals surface area (Å²) in [4.78, 5) is 11.4. The molecule has 2 heteroatoms. The molecule has 2 saturated carbocycles. The smallest absolute Gasteiger partial charge is 0.330 e. The maximum Gasteiger partial charge on any atom is 0.330 e. The molecule has 0 N–H and O–H groups in total. The second kappa shape index (κ2) is 3.99. The molecule has 15 heavy (non-hydrogen) atoms. The SMILES string of the molecule is CCOC(=O)C=C1CCC[C@@]2(C)CCC12. The van der Waals surface area contributed by atoms with Gasteiger partial charge in [0.15, 0.2) is 0 Å². The minimum Gasteiger partial charge on any atom is -0.463 e. The van der Waals surface area contributed by atoms with Crippen molar-refractivity contribution < 1.29 is 9.53 Å². The van der Waals surface area contributed by atoms with Gasteiger partial charge in [0, 0.05) is 6.08 Å². The Kier molecular flexibility index (Phi) is 2.85. The highest BCUT2D eigenvalue weighted by molar-refractivity contribution is 5.83. The Hall–Kier alpha value is -0.790. The highest BCUT2D eigenvalue weighted by Crippen LogP contribution is 2.57. The Balaban J connectivity index is 2.05. The van der Waals surface area contributed by atoms with Crippen LogP contribution in [0.3, 0.4) is 0 Å². The van der Waals surface area contributed by atoms with E-state index in [4.69, 9.17) is 4.74 Å². The monoisotopic (exact) mass is 208 g/mol. The number of fused-ring (bicyclic) bond motifs is 1. The predicted octanol–water partition coefficient (Wildman–Crippen LogP) is 3.08. The van der Waals surface area contributed by atoms with Gasteiger partial charge in [-0.25, -0.2) is 4.79 Å². The number of rotatable bonds is 2. The van der Waals surface area contributed by atoms with Gasteiger partial charge in [-0.2, -0.15) is 0 Å². The van der Waals surface area contributed by atoms with Crippen molar-refractivity contribution in [3.63, 3.8) is 0 Å². The van der Waals surface area contributed by atoms with E-state index in [2.05, 4.69) is 6.92 Å². The van der Waals surface area contributed by atoms with Crippen molar-refractivity contribution in [2.24, 2.45) is 11.3 Å². The lowest BCUT2D eigenvalue weighted by atomic mass is 9.53. The van der Waals surface area contributed by atoms with Gasteiger partial charge in [0.1, 0.15) is 0 Å². The van der Waals surface area contributed by atoms with Crippen LogP contribution in [0.25, 0.3) is 0 Å². The van der Waals surface area contributed by atoms with Crippen LogP contribution in [0, 0.1) is 11.3 Å². The Morgan fingerprint density at radius 2 is 2.40 bits per heavy atom. The summed E-state index contributed by atoms with van der Waals surface area (Å²) in [7, 11) is 0. The molecule has 0 aromatic carbocycles. The Morgan fingerprint density at radius 1 is 1.60 bits per heavy atom. The predicted molar refractivity (Wildman–Crippen MR) is 59.4 cm³/mol. The third-order valence-electron chi connectivity index (χ3n) is 4.10. The van der Waals surface area contributed by atoms with Crippen molar-refractivity contribution in [3.05, 3.63) is 11.6 Å². The fourth-order valence-electron chi connectivity index (χ4n) is 3.09. The first-order valence-electron chi connectivity index (χ1n) is 6.03. The van der Waals surface area contributed by atoms with E-state index in [9.17, 15) is 4.79 Å². The van der Waals surface area contributed by atoms with Gasteiger partial charge >= 0.3 is 5.97 Å². The number of carbonyl (C=O) groups excluding carboxylic acids is 1. The van der Waals surface area contributed by atoms with Crippen molar-refractivity contribution >= 4 is 5.97 Å². The van der Waals surface area contributed by atoms with Crippen LogP contribution in [0.15, 0.2) is 11.6 Å². The second-order valence-electron chi connectivity index (χ2n) is 5.07. The lowest BCUT2D eigenvalue weighted by Crippen LogP contribution is -2.41. The fraction of sp³-hybridized carbons (Fsp3) is 0.769. The van der Waals surface area contributed by atoms with Crippen LogP contribution in [0.2, 0.25) is 0 Å². The molecule has 2 atom stereocenters. The van der Waals surface area contributed by atoms with E-state index >= 15 is 0 Å². The molecule has 2 aliphatic rings. The van der Waals surface area contributed by atoms with Crippen molar-refractivity contribution in [1.29, 1.82) is 0 Å². The van der Waals surface area contributed by atoms with E-state index < -0.39 is 0 Å². The van der Waals surface area contributed by atoms with Gasteiger partial charge in [-0.1, -0.05) is 12.5 Å². The van der Waals surface area contributed by atoms with Crippen molar-refractivity contribution in [2.45, 2.75) is 46.0 Å². The van der Waals surface area contributed by atoms with Crippen molar-refractivity contribution in [2.75, 3.05) is 6.61 Å². The van der Waals surface area contributed by atoms with Crippen LogP contribution in [0.1, 0.15) is 46.0 Å². The molecule has 0 spiro atoms. The van der Waals surface area contributed by atoms with E-state index in [-0.39, 0.29) is 5.97 Å². The molecule has 0 heterocycles. The van der Waals surface area contributed by atoms with E-state index in [1.165, 1.54) is 31.3 Å². The number of carbonyl (C=O) groups is 1. The van der Waals surface area contributed by atoms with Crippen molar-refractivity contribution in [1.82, 2.24) is 0 Å². The Bertz CT molecular complexity index is 293. The zero-order valence-corrected chi connectivity index (χ0v) is 9.71. The number of esters is 1. The molecule has 0 aliphatic heterocycles. The van der Waals surface area contributed by atoms with Crippen molar-refractivity contribution in [3.8, 4) is 0 Å². The normalized spacial score (nSPS) is 36.9. The first kappa shape index (κ1) is 10.7. The fourth-order valence-corrected chi connectivity index (χ4v) is 3.09. The third-order valence-corrected chi connectivity index (χ3v) is 4.10. The highest BCUT2D eigenvalue weighted by atomic mass is 16.5. The standard InChI is InChI=1S/C13H20O2/c1-3-15-12(14)9-10-5-4-7-13(2)8-6-11(10)13/h9,11H,3-8H2,1-2H3/t11?,13-/m0/s1. The first-order chi connectivity index (χ1) is 7.15. The summed E-state index contributed by atoms with van der Waals surface area (Å²) in [6.07, 6.45) is 8.01. The van der Waals surface area contributed by atoms with E-state index in [0.29, 0.717) is 17.9 Å². The minimum atomic E-state index is -0.149. The second-order valence-corrected chi connectivity index (χ2v) is 5.07. The quantitative estimate of drug-likeness (QED) is 0.515. The van der Waals surface area contributed by atoms with Crippen LogP contribution >= 0.6 is 0 Å². The molecular weight excluding hydrogens is 188 g/mol. The summed E-state index contributed by atoms with van der Waals surface area (Å²) in [5.74, 6) is 0.513. The lowest BCUT2D eigenvalue weighted by molar-refractivity contribution is -0.137. The molecular formula is C13H20O2. The van der Waals surface area contributed by atoms with Gasteiger partial charge in [0.05, 0.1) is 6.61 Å². The van der Waals surface area contributed by atoms with Crippen LogP contribution in [0.4, 0.5) is 0 Å². The highest BCUT2D eigenvalue weighted by Gasteiger charge is 2.46. The zero-order chi connectivity index (χ0) is 10.9. The first-order valence-corrected chi connectivity index (χ1v) is 6.03. The van der Waals surface area contributed by atoms with Gasteiger partial charge in [-0.3, -0.25) is 0 Å². The molecule has 1 unspecified atom stereocenters. The number of hydrogen-bond donors (Lipinski definition) is 0. The van der Waals surface area contributed by atoms with E-state index in [1.54, 1.807) is 6.08 Å². The van der Waals surface area contributed by atoms with E-state index in [1.807, 2.05) is 6.92 Å². The number of allylic oxidation sites excluding steroid dienone is 1. The molecule has 2 rings (SSSR count). The van der Waals surface area contributed by atoms with Gasteiger partial charge in [-0.05, 0) is 50.4 Å². The van der Waals surface area contributed by atoms with Crippen LogP contribution in [-0.2, 0) is 9.53 Å². The van der Waals surface area contributed by atoms with Gasteiger partial charge < -0.3 is 4.74 Å². The average Bonchev–Trinajstić information content (AvgIpc) is 2.14. The minimum absolute atomic E-state index is 0.149. The molecule has 0 amide bonds. The topological polar surface area (TPSA) is 26.3 Å².